The van der Waals surface area contributed by atoms with Crippen LogP contribution in [0.2, 0.25) is 0 Å². The lowest BCUT2D eigenvalue weighted by molar-refractivity contribution is 1.17. The molecule has 0 unspecified atom stereocenters. The second kappa shape index (κ2) is 12.6. The van der Waals surface area contributed by atoms with E-state index in [9.17, 15) is 10.5 Å². The van der Waals surface area contributed by atoms with Gasteiger partial charge in [0.15, 0.2) is 13.8 Å². The van der Waals surface area contributed by atoms with Crippen molar-refractivity contribution in [3.63, 3.8) is 0 Å². The van der Waals surface area contributed by atoms with Gasteiger partial charge in [0.2, 0.25) is 0 Å². The van der Waals surface area contributed by atoms with Crippen LogP contribution < -0.4 is 20.7 Å². The molecule has 8 rings (SSSR count). The minimum atomic E-state index is -2.96. The molecule has 0 saturated heterocycles. The molecule has 5 heteroatoms. The predicted octanol–water partition coefficient (Wildman–Crippen LogP) is 8.12. The summed E-state index contributed by atoms with van der Waals surface area (Å²) in [4.78, 5) is 4.12. The minimum Gasteiger partial charge on any atom is -0.309 e. The lowest BCUT2D eigenvalue weighted by atomic mass is 9.99. The van der Waals surface area contributed by atoms with E-state index in [4.69, 9.17) is 6.57 Å². The van der Waals surface area contributed by atoms with E-state index < -0.39 is 8.07 Å². The van der Waals surface area contributed by atoms with Crippen LogP contribution in [0.1, 0.15) is 11.1 Å². The zero-order chi connectivity index (χ0) is 34.1. The van der Waals surface area contributed by atoms with Gasteiger partial charge >= 0.3 is 0 Å². The SMILES string of the molecule is [C-]#[N+]c1cc(-n2c3ccccc3c3cc(C#N)ccc32)c(C#N)cc1-c1ccccc1[Si](c1ccccc1)(c1ccccc1)c1ccccc1. The summed E-state index contributed by atoms with van der Waals surface area (Å²) in [6.45, 7) is 8.49. The third-order valence-corrected chi connectivity index (χ3v) is 14.5. The number of nitrogens with zero attached hydrogens (tertiary/aromatic N) is 4. The van der Waals surface area contributed by atoms with Crippen molar-refractivity contribution < 1.29 is 0 Å². The van der Waals surface area contributed by atoms with E-state index in [0.29, 0.717) is 22.5 Å². The van der Waals surface area contributed by atoms with Gasteiger partial charge in [-0.1, -0.05) is 133 Å². The van der Waals surface area contributed by atoms with Crippen LogP contribution in [0.3, 0.4) is 0 Å². The summed E-state index contributed by atoms with van der Waals surface area (Å²) in [5.41, 5.74) is 5.56. The van der Waals surface area contributed by atoms with Gasteiger partial charge in [0.05, 0.1) is 40.5 Å². The predicted molar refractivity (Wildman–Crippen MR) is 206 cm³/mol. The van der Waals surface area contributed by atoms with Crippen LogP contribution >= 0.6 is 0 Å². The van der Waals surface area contributed by atoms with E-state index in [1.807, 2.05) is 59.2 Å². The zero-order valence-electron chi connectivity index (χ0n) is 27.0. The third-order valence-electron chi connectivity index (χ3n) is 9.64. The monoisotopic (exact) mass is 652 g/mol. The molecule has 0 fully saturated rings. The molecule has 0 amide bonds. The largest absolute Gasteiger partial charge is 0.309 e. The van der Waals surface area contributed by atoms with Crippen LogP contribution in [0.25, 0.3) is 43.5 Å². The molecular formula is C45H28N4Si. The highest BCUT2D eigenvalue weighted by atomic mass is 28.3. The quantitative estimate of drug-likeness (QED) is 0.104. The number of nitriles is 2. The van der Waals surface area contributed by atoms with Crippen molar-refractivity contribution in [3.8, 4) is 29.0 Å². The Morgan fingerprint density at radius 2 is 1.08 bits per heavy atom. The van der Waals surface area contributed by atoms with E-state index in [2.05, 4.69) is 126 Å². The maximum atomic E-state index is 10.8. The molecule has 50 heavy (non-hydrogen) atoms. The number of benzene rings is 7. The summed E-state index contributed by atoms with van der Waals surface area (Å²) < 4.78 is 2.05. The van der Waals surface area contributed by atoms with Gasteiger partial charge in [-0.05, 0) is 68.3 Å². The number of rotatable bonds is 6. The van der Waals surface area contributed by atoms with Gasteiger partial charge in [-0.25, -0.2) is 4.85 Å². The normalized spacial score (nSPS) is 11.1. The fraction of sp³-hybridized carbons (Fsp3) is 0. The van der Waals surface area contributed by atoms with Crippen molar-refractivity contribution in [3.05, 3.63) is 192 Å². The van der Waals surface area contributed by atoms with E-state index in [0.717, 1.165) is 38.1 Å². The fourth-order valence-corrected chi connectivity index (χ4v) is 12.5. The topological polar surface area (TPSA) is 56.9 Å². The Morgan fingerprint density at radius 3 is 1.68 bits per heavy atom. The van der Waals surface area contributed by atoms with Gasteiger partial charge in [-0.2, -0.15) is 10.5 Å². The van der Waals surface area contributed by atoms with Crippen LogP contribution in [0.15, 0.2) is 170 Å². The number of para-hydroxylation sites is 1. The van der Waals surface area contributed by atoms with Gasteiger partial charge in [0, 0.05) is 10.8 Å². The summed E-state index contributed by atoms with van der Waals surface area (Å²) in [5.74, 6) is 0. The fourth-order valence-electron chi connectivity index (χ4n) is 7.54. The summed E-state index contributed by atoms with van der Waals surface area (Å²) >= 11 is 0. The Bertz CT molecular complexity index is 2580. The van der Waals surface area contributed by atoms with Crippen molar-refractivity contribution in [1.82, 2.24) is 4.57 Å². The maximum Gasteiger partial charge on any atom is 0.197 e. The van der Waals surface area contributed by atoms with Crippen LogP contribution in [-0.4, -0.2) is 12.6 Å². The van der Waals surface area contributed by atoms with Crippen molar-refractivity contribution in [2.45, 2.75) is 0 Å². The Morgan fingerprint density at radius 1 is 0.520 bits per heavy atom. The summed E-state index contributed by atoms with van der Waals surface area (Å²) in [6, 6.07) is 62.6. The van der Waals surface area contributed by atoms with Crippen molar-refractivity contribution in [1.29, 1.82) is 10.5 Å². The standard InChI is InChI=1S/C45H28N4Si/c1-48-41-29-44(49-42-23-13-11-21-37(42)40-27-32(30-46)25-26-43(40)49)33(31-47)28-39(41)38-22-12-14-24-45(38)50(34-15-5-2-6-16-34,35-17-7-3-8-18-35)36-19-9-4-10-20-36/h2-29H. The molecule has 1 aromatic heterocycles. The van der Waals surface area contributed by atoms with Crippen LogP contribution in [0.4, 0.5) is 5.69 Å². The highest BCUT2D eigenvalue weighted by Gasteiger charge is 2.43. The van der Waals surface area contributed by atoms with Crippen molar-refractivity contribution in [2.24, 2.45) is 0 Å². The zero-order valence-corrected chi connectivity index (χ0v) is 28.0. The smallest absolute Gasteiger partial charge is 0.197 e. The third kappa shape index (κ3) is 4.72. The van der Waals surface area contributed by atoms with Crippen LogP contribution in [0.5, 0.6) is 0 Å². The van der Waals surface area contributed by atoms with E-state index in [1.54, 1.807) is 6.07 Å². The van der Waals surface area contributed by atoms with Gasteiger partial charge < -0.3 is 4.57 Å². The second-order valence-corrected chi connectivity index (χ2v) is 16.0. The molecule has 0 aliphatic carbocycles. The van der Waals surface area contributed by atoms with Crippen molar-refractivity contribution >= 4 is 56.3 Å². The average molecular weight is 653 g/mol. The molecule has 0 N–H and O–H groups in total. The molecule has 0 radical (unpaired) electrons. The molecule has 0 aliphatic heterocycles. The van der Waals surface area contributed by atoms with E-state index in [1.165, 1.54) is 15.6 Å². The molecule has 8 aromatic rings. The minimum absolute atomic E-state index is 0.459. The average Bonchev–Trinajstić information content (AvgIpc) is 3.52. The molecule has 0 bridgehead atoms. The lowest BCUT2D eigenvalue weighted by Crippen LogP contribution is -2.75. The first-order chi connectivity index (χ1) is 24.7. The van der Waals surface area contributed by atoms with Crippen LogP contribution in [0, 0.1) is 29.2 Å². The first-order valence-corrected chi connectivity index (χ1v) is 18.3. The molecular weight excluding hydrogens is 625 g/mol. The highest BCUT2D eigenvalue weighted by molar-refractivity contribution is 7.20. The van der Waals surface area contributed by atoms with Gasteiger partial charge in [0.1, 0.15) is 6.07 Å². The molecule has 0 aliphatic rings. The molecule has 1 heterocycles. The molecule has 0 saturated carbocycles. The number of hydrogen-bond donors (Lipinski definition) is 0. The first-order valence-electron chi connectivity index (χ1n) is 16.3. The van der Waals surface area contributed by atoms with Crippen molar-refractivity contribution in [2.75, 3.05) is 0 Å². The van der Waals surface area contributed by atoms with E-state index in [-0.39, 0.29) is 0 Å². The first kappa shape index (κ1) is 30.4. The summed E-state index contributed by atoms with van der Waals surface area (Å²) in [5, 5.41) is 27.2. The lowest BCUT2D eigenvalue weighted by Gasteiger charge is -2.36. The number of fused-ring (bicyclic) bond motifs is 3. The van der Waals surface area contributed by atoms with Crippen LogP contribution in [-0.2, 0) is 0 Å². The van der Waals surface area contributed by atoms with E-state index >= 15 is 0 Å². The Balaban J connectivity index is 1.45. The Labute approximate surface area is 291 Å². The molecule has 7 aromatic carbocycles. The molecule has 232 valence electrons. The molecule has 0 atom stereocenters. The summed E-state index contributed by atoms with van der Waals surface area (Å²) in [6.07, 6.45) is 0. The Hall–Kier alpha value is -6.97. The number of hydrogen-bond acceptors (Lipinski definition) is 2. The van der Waals surface area contributed by atoms with Gasteiger partial charge in [-0.15, -0.1) is 0 Å². The van der Waals surface area contributed by atoms with Gasteiger partial charge in [-0.3, -0.25) is 0 Å². The Kier molecular flexibility index (Phi) is 7.63. The molecule has 0 spiro atoms. The maximum absolute atomic E-state index is 10.8. The van der Waals surface area contributed by atoms with Gasteiger partial charge in [0.25, 0.3) is 0 Å². The highest BCUT2D eigenvalue weighted by Crippen LogP contribution is 2.39. The molecule has 4 nitrogen and oxygen atoms in total. The number of aromatic nitrogens is 1. The second-order valence-electron chi connectivity index (χ2n) is 12.2. The summed E-state index contributed by atoms with van der Waals surface area (Å²) in [7, 11) is -2.96.